The number of amides is 2. The predicted octanol–water partition coefficient (Wildman–Crippen LogP) is 4.83. The minimum Gasteiger partial charge on any atom is -0.486 e. The highest BCUT2D eigenvalue weighted by Crippen LogP contribution is 2.35. The summed E-state index contributed by atoms with van der Waals surface area (Å²) < 4.78 is 18.1. The van der Waals surface area contributed by atoms with Gasteiger partial charge in [-0.15, -0.1) is 0 Å². The van der Waals surface area contributed by atoms with E-state index in [4.69, 9.17) is 37.4 Å². The molecule has 0 saturated heterocycles. The van der Waals surface area contributed by atoms with Crippen molar-refractivity contribution in [3.05, 3.63) is 81.6 Å². The SMILES string of the molecule is CCOC(=O)c1ccc(/C=C/C(=O)NCC(=O)N(C)c2ccc(Cl)c(COc3cccc4c3nc(OC)n4C)c2Cl)cn1. The number of esters is 1. The van der Waals surface area contributed by atoms with E-state index in [2.05, 4.69) is 15.3 Å². The van der Waals surface area contributed by atoms with E-state index in [9.17, 15) is 14.4 Å². The Hall–Kier alpha value is -4.61. The minimum absolute atomic E-state index is 0.0166. The Morgan fingerprint density at radius 1 is 1.12 bits per heavy atom. The second kappa shape index (κ2) is 14.0. The first kappa shape index (κ1) is 31.3. The van der Waals surface area contributed by atoms with E-state index in [-0.39, 0.29) is 30.5 Å². The maximum Gasteiger partial charge on any atom is 0.356 e. The van der Waals surface area contributed by atoms with Crippen LogP contribution in [0.4, 0.5) is 5.69 Å². The fourth-order valence-corrected chi connectivity index (χ4v) is 4.68. The van der Waals surface area contributed by atoms with Crippen LogP contribution in [-0.4, -0.2) is 59.6 Å². The van der Waals surface area contributed by atoms with Gasteiger partial charge in [-0.05, 0) is 48.9 Å². The van der Waals surface area contributed by atoms with E-state index < -0.39 is 17.8 Å². The predicted molar refractivity (Wildman–Crippen MR) is 164 cm³/mol. The summed E-state index contributed by atoms with van der Waals surface area (Å²) in [7, 11) is 4.92. The number of ether oxygens (including phenoxy) is 3. The third kappa shape index (κ3) is 7.25. The van der Waals surface area contributed by atoms with Crippen LogP contribution in [-0.2, 0) is 28.0 Å². The number of aryl methyl sites for hydroxylation is 1. The molecule has 4 aromatic rings. The Balaban J connectivity index is 1.38. The first-order chi connectivity index (χ1) is 20.6. The second-order valence-corrected chi connectivity index (χ2v) is 9.92. The van der Waals surface area contributed by atoms with Gasteiger partial charge in [-0.25, -0.2) is 9.78 Å². The molecule has 224 valence electrons. The number of anilines is 1. The van der Waals surface area contributed by atoms with E-state index in [0.717, 1.165) is 5.52 Å². The Kier molecular flexibility index (Phi) is 10.2. The number of pyridine rings is 1. The number of hydrogen-bond acceptors (Lipinski definition) is 8. The van der Waals surface area contributed by atoms with Crippen LogP contribution < -0.4 is 19.7 Å². The molecule has 1 N–H and O–H groups in total. The molecule has 2 aromatic carbocycles. The monoisotopic (exact) mass is 625 g/mol. The molecule has 2 amide bonds. The summed E-state index contributed by atoms with van der Waals surface area (Å²) in [5.74, 6) is -0.918. The summed E-state index contributed by atoms with van der Waals surface area (Å²) in [6.07, 6.45) is 4.21. The molecule has 0 fully saturated rings. The number of likely N-dealkylation sites (N-methyl/N-ethyl adjacent to an activating group) is 1. The standard InChI is InChI=1S/C30H29Cl2N5O6/c1-5-42-29(40)21-12-9-18(15-33-21)10-14-25(38)34-16-26(39)36(2)22-13-11-20(31)19(27(22)32)17-43-24-8-6-7-23-28(24)35-30(41-4)37(23)3/h6-15H,5,16-17H2,1-4H3,(H,34,38)/b14-10+. The molecule has 0 atom stereocenters. The van der Waals surface area contributed by atoms with E-state index >= 15 is 0 Å². The third-order valence-corrected chi connectivity index (χ3v) is 7.18. The second-order valence-electron chi connectivity index (χ2n) is 9.13. The van der Waals surface area contributed by atoms with E-state index in [0.29, 0.717) is 39.1 Å². The van der Waals surface area contributed by atoms with Crippen LogP contribution in [0.3, 0.4) is 0 Å². The smallest absolute Gasteiger partial charge is 0.356 e. The molecule has 43 heavy (non-hydrogen) atoms. The molecule has 0 saturated carbocycles. The summed E-state index contributed by atoms with van der Waals surface area (Å²) in [6, 6.07) is 12.3. The van der Waals surface area contributed by atoms with Gasteiger partial charge in [-0.1, -0.05) is 35.3 Å². The lowest BCUT2D eigenvalue weighted by Crippen LogP contribution is -2.37. The zero-order valence-corrected chi connectivity index (χ0v) is 25.4. The van der Waals surface area contributed by atoms with Gasteiger partial charge in [0.1, 0.15) is 23.6 Å². The number of para-hydroxylation sites is 1. The molecule has 0 radical (unpaired) electrons. The van der Waals surface area contributed by atoms with Crippen molar-refractivity contribution in [2.24, 2.45) is 7.05 Å². The number of fused-ring (bicyclic) bond motifs is 1. The van der Waals surface area contributed by atoms with Gasteiger partial charge < -0.3 is 24.4 Å². The molecule has 0 aliphatic rings. The molecule has 0 bridgehead atoms. The van der Waals surface area contributed by atoms with Crippen LogP contribution in [0.25, 0.3) is 17.1 Å². The van der Waals surface area contributed by atoms with Gasteiger partial charge in [0.25, 0.3) is 6.01 Å². The average Bonchev–Trinajstić information content (AvgIpc) is 3.34. The fourth-order valence-electron chi connectivity index (χ4n) is 4.07. The number of carbonyl (C=O) groups is 3. The van der Waals surface area contributed by atoms with Gasteiger partial charge >= 0.3 is 5.97 Å². The molecule has 0 aliphatic heterocycles. The van der Waals surface area contributed by atoms with E-state index in [1.54, 1.807) is 49.9 Å². The first-order valence-electron chi connectivity index (χ1n) is 13.1. The van der Waals surface area contributed by atoms with Crippen molar-refractivity contribution in [1.29, 1.82) is 0 Å². The Morgan fingerprint density at radius 3 is 2.60 bits per heavy atom. The highest BCUT2D eigenvalue weighted by molar-refractivity contribution is 6.38. The summed E-state index contributed by atoms with van der Waals surface area (Å²) in [5, 5.41) is 3.15. The van der Waals surface area contributed by atoms with Crippen LogP contribution in [0.2, 0.25) is 10.0 Å². The third-order valence-electron chi connectivity index (χ3n) is 6.40. The fraction of sp³-hybridized carbons (Fsp3) is 0.233. The van der Waals surface area contributed by atoms with Crippen LogP contribution in [0.5, 0.6) is 11.8 Å². The molecule has 13 heteroatoms. The first-order valence-corrected chi connectivity index (χ1v) is 13.8. The number of halogens is 2. The summed E-state index contributed by atoms with van der Waals surface area (Å²) in [5.41, 5.74) is 3.07. The van der Waals surface area contributed by atoms with Crippen LogP contribution in [0.15, 0.2) is 54.7 Å². The minimum atomic E-state index is -0.526. The quantitative estimate of drug-likeness (QED) is 0.186. The highest BCUT2D eigenvalue weighted by Gasteiger charge is 2.20. The lowest BCUT2D eigenvalue weighted by molar-refractivity contribution is -0.122. The van der Waals surface area contributed by atoms with Crippen LogP contribution in [0, 0.1) is 0 Å². The van der Waals surface area contributed by atoms with Crippen molar-refractivity contribution in [2.75, 3.05) is 32.2 Å². The molecule has 2 aromatic heterocycles. The number of nitrogens with one attached hydrogen (secondary N) is 1. The molecule has 4 rings (SSSR count). The molecule has 0 spiro atoms. The number of carbonyl (C=O) groups excluding carboxylic acids is 3. The topological polar surface area (TPSA) is 125 Å². The van der Waals surface area contributed by atoms with Crippen molar-refractivity contribution < 1.29 is 28.6 Å². The maximum atomic E-state index is 12.9. The number of benzene rings is 2. The molecule has 2 heterocycles. The Bertz CT molecular complexity index is 1690. The van der Waals surface area contributed by atoms with Crippen molar-refractivity contribution in [2.45, 2.75) is 13.5 Å². The normalized spacial score (nSPS) is 11.0. The number of nitrogens with zero attached hydrogens (tertiary/aromatic N) is 4. The number of imidazole rings is 1. The van der Waals surface area contributed by atoms with Crippen LogP contribution >= 0.6 is 23.2 Å². The van der Waals surface area contributed by atoms with Gasteiger partial charge in [-0.2, -0.15) is 4.98 Å². The van der Waals surface area contributed by atoms with E-state index in [1.807, 2.05) is 19.2 Å². The summed E-state index contributed by atoms with van der Waals surface area (Å²) in [4.78, 5) is 46.8. The Labute approximate surface area is 258 Å². The zero-order chi connectivity index (χ0) is 31.1. The summed E-state index contributed by atoms with van der Waals surface area (Å²) in [6.45, 7) is 1.68. The van der Waals surface area contributed by atoms with Crippen molar-refractivity contribution in [3.63, 3.8) is 0 Å². The summed E-state index contributed by atoms with van der Waals surface area (Å²) >= 11 is 13.1. The number of methoxy groups -OCH3 is 1. The largest absolute Gasteiger partial charge is 0.486 e. The van der Waals surface area contributed by atoms with Gasteiger partial charge in [0.2, 0.25) is 11.8 Å². The molecular weight excluding hydrogens is 597 g/mol. The van der Waals surface area contributed by atoms with Gasteiger partial charge in [0, 0.05) is 37.0 Å². The van der Waals surface area contributed by atoms with Crippen molar-refractivity contribution in [3.8, 4) is 11.8 Å². The van der Waals surface area contributed by atoms with Crippen molar-refractivity contribution in [1.82, 2.24) is 19.9 Å². The lowest BCUT2D eigenvalue weighted by Gasteiger charge is -2.21. The number of hydrogen-bond donors (Lipinski definition) is 1. The van der Waals surface area contributed by atoms with Crippen molar-refractivity contribution >= 4 is 63.8 Å². The molecular formula is C30H29Cl2N5O6. The lowest BCUT2D eigenvalue weighted by atomic mass is 10.2. The zero-order valence-electron chi connectivity index (χ0n) is 23.9. The van der Waals surface area contributed by atoms with E-state index in [1.165, 1.54) is 29.3 Å². The number of rotatable bonds is 11. The highest BCUT2D eigenvalue weighted by atomic mass is 35.5. The number of aromatic nitrogens is 3. The molecule has 11 nitrogen and oxygen atoms in total. The average molecular weight is 626 g/mol. The van der Waals surface area contributed by atoms with Gasteiger partial charge in [0.05, 0.1) is 36.5 Å². The molecule has 0 unspecified atom stereocenters. The maximum absolute atomic E-state index is 12.9. The Morgan fingerprint density at radius 2 is 1.91 bits per heavy atom. The molecule has 0 aliphatic carbocycles. The van der Waals surface area contributed by atoms with Gasteiger partial charge in [-0.3, -0.25) is 14.2 Å². The van der Waals surface area contributed by atoms with Gasteiger partial charge in [0.15, 0.2) is 0 Å². The van der Waals surface area contributed by atoms with Crippen LogP contribution in [0.1, 0.15) is 28.5 Å².